The quantitative estimate of drug-likeness (QED) is 0.797. The number of benzene rings is 1. The number of fused-ring (bicyclic) bond motifs is 1. The number of nitrogen functional groups attached to an aromatic ring is 1. The van der Waals surface area contributed by atoms with Crippen LogP contribution in [-0.4, -0.2) is 6.29 Å². The molecule has 0 unspecified atom stereocenters. The van der Waals surface area contributed by atoms with Gasteiger partial charge in [-0.05, 0) is 6.07 Å². The molecule has 2 N–H and O–H groups in total. The fraction of sp³-hybridized carbons (Fsp3) is 0. The number of carbonyl (C=O) groups is 1. The van der Waals surface area contributed by atoms with E-state index in [0.29, 0.717) is 6.29 Å². The molecule has 0 aliphatic rings. The van der Waals surface area contributed by atoms with Gasteiger partial charge in [-0.25, -0.2) is 0 Å². The average Bonchev–Trinajstić information content (AvgIpc) is 2.22. The summed E-state index contributed by atoms with van der Waals surface area (Å²) in [5.74, 6) is -0.231. The first kappa shape index (κ1) is 11.0. The second-order valence-electron chi connectivity index (χ2n) is 3.09. The number of rotatable bonds is 1. The van der Waals surface area contributed by atoms with Crippen molar-refractivity contribution in [1.82, 2.24) is 0 Å². The normalized spacial score (nSPS) is 10.6. The Morgan fingerprint density at radius 3 is 2.50 bits per heavy atom. The van der Waals surface area contributed by atoms with Crippen LogP contribution in [0.15, 0.2) is 21.3 Å². The maximum absolute atomic E-state index is 11.8. The van der Waals surface area contributed by atoms with E-state index in [4.69, 9.17) is 33.4 Å². The Bertz CT molecular complexity index is 649. The molecule has 0 fully saturated rings. The van der Waals surface area contributed by atoms with Crippen LogP contribution < -0.4 is 11.2 Å². The summed E-state index contributed by atoms with van der Waals surface area (Å²) in [6.07, 6.45) is 0.350. The fourth-order valence-electron chi connectivity index (χ4n) is 1.33. The Balaban J connectivity index is 2.99. The topological polar surface area (TPSA) is 73.3 Å². The summed E-state index contributed by atoms with van der Waals surface area (Å²) in [5, 5.41) is 0.629. The van der Waals surface area contributed by atoms with Gasteiger partial charge in [-0.15, -0.1) is 0 Å². The molecule has 0 amide bonds. The van der Waals surface area contributed by atoms with E-state index >= 15 is 0 Å². The average molecular weight is 258 g/mol. The second-order valence-corrected chi connectivity index (χ2v) is 3.90. The van der Waals surface area contributed by atoms with Crippen molar-refractivity contribution in [3.8, 4) is 0 Å². The molecular formula is C10H5Cl2NO3. The first-order chi connectivity index (χ1) is 7.54. The molecule has 0 aliphatic heterocycles. The van der Waals surface area contributed by atoms with Crippen LogP contribution in [0.3, 0.4) is 0 Å². The number of aldehydes is 1. The molecule has 1 aromatic carbocycles. The maximum Gasteiger partial charge on any atom is 0.205 e. The number of carbonyl (C=O) groups excluding carboxylic acids is 1. The van der Waals surface area contributed by atoms with Crippen molar-refractivity contribution in [2.24, 2.45) is 0 Å². The molecule has 16 heavy (non-hydrogen) atoms. The van der Waals surface area contributed by atoms with E-state index in [1.807, 2.05) is 0 Å². The molecule has 0 atom stereocenters. The summed E-state index contributed by atoms with van der Waals surface area (Å²) >= 11 is 11.5. The van der Waals surface area contributed by atoms with Gasteiger partial charge in [0.15, 0.2) is 6.29 Å². The Morgan fingerprint density at radius 2 is 1.88 bits per heavy atom. The van der Waals surface area contributed by atoms with Gasteiger partial charge in [0.25, 0.3) is 0 Å². The molecular weight excluding hydrogens is 253 g/mol. The molecule has 2 aromatic rings. The van der Waals surface area contributed by atoms with Crippen molar-refractivity contribution in [2.75, 3.05) is 5.73 Å². The number of nitrogens with two attached hydrogens (primary N) is 1. The zero-order chi connectivity index (χ0) is 11.9. The minimum absolute atomic E-state index is 0.172. The van der Waals surface area contributed by atoms with Crippen molar-refractivity contribution >= 4 is 46.3 Å². The second kappa shape index (κ2) is 3.81. The van der Waals surface area contributed by atoms with Gasteiger partial charge in [0.1, 0.15) is 11.1 Å². The zero-order valence-electron chi connectivity index (χ0n) is 7.79. The third kappa shape index (κ3) is 1.56. The fourth-order valence-corrected chi connectivity index (χ4v) is 1.65. The molecule has 82 valence electrons. The minimum Gasteiger partial charge on any atom is -0.440 e. The highest BCUT2D eigenvalue weighted by Gasteiger charge is 2.13. The first-order valence-corrected chi connectivity index (χ1v) is 4.96. The van der Waals surface area contributed by atoms with Crippen LogP contribution in [0, 0.1) is 0 Å². The molecule has 0 saturated heterocycles. The molecule has 0 saturated carbocycles. The molecule has 0 aliphatic carbocycles. The van der Waals surface area contributed by atoms with Gasteiger partial charge >= 0.3 is 0 Å². The van der Waals surface area contributed by atoms with E-state index in [9.17, 15) is 9.59 Å². The third-order valence-corrected chi connectivity index (χ3v) is 2.84. The van der Waals surface area contributed by atoms with Gasteiger partial charge in [0, 0.05) is 6.07 Å². The molecule has 0 bridgehead atoms. The summed E-state index contributed by atoms with van der Waals surface area (Å²) in [6, 6.07) is 2.73. The number of anilines is 1. The molecule has 1 heterocycles. The van der Waals surface area contributed by atoms with Crippen molar-refractivity contribution in [1.29, 1.82) is 0 Å². The molecule has 0 radical (unpaired) electrons. The third-order valence-electron chi connectivity index (χ3n) is 2.11. The van der Waals surface area contributed by atoms with Gasteiger partial charge in [-0.1, -0.05) is 23.2 Å². The van der Waals surface area contributed by atoms with Gasteiger partial charge in [-0.2, -0.15) is 0 Å². The van der Waals surface area contributed by atoms with E-state index in [1.54, 1.807) is 0 Å². The van der Waals surface area contributed by atoms with Gasteiger partial charge in [0.05, 0.1) is 15.4 Å². The molecule has 2 rings (SSSR count). The van der Waals surface area contributed by atoms with Crippen LogP contribution in [-0.2, 0) is 0 Å². The van der Waals surface area contributed by atoms with E-state index in [0.717, 1.165) is 0 Å². The van der Waals surface area contributed by atoms with Crippen molar-refractivity contribution < 1.29 is 9.21 Å². The SMILES string of the molecule is Nc1oc2cc(Cl)c(Cl)cc2c(=O)c1C=O. The molecule has 0 spiro atoms. The van der Waals surface area contributed by atoms with Crippen LogP contribution in [0.5, 0.6) is 0 Å². The Labute approximate surface area is 99.6 Å². The highest BCUT2D eigenvalue weighted by Crippen LogP contribution is 2.27. The lowest BCUT2D eigenvalue weighted by Crippen LogP contribution is -2.11. The van der Waals surface area contributed by atoms with Crippen LogP contribution >= 0.6 is 23.2 Å². The maximum atomic E-state index is 11.8. The van der Waals surface area contributed by atoms with Gasteiger partial charge in [0.2, 0.25) is 11.3 Å². The number of hydrogen-bond donors (Lipinski definition) is 1. The Morgan fingerprint density at radius 1 is 1.25 bits per heavy atom. The van der Waals surface area contributed by atoms with Crippen LogP contribution in [0.25, 0.3) is 11.0 Å². The van der Waals surface area contributed by atoms with Crippen LogP contribution in [0.4, 0.5) is 5.88 Å². The Hall–Kier alpha value is -1.52. The summed E-state index contributed by atoms with van der Waals surface area (Å²) in [4.78, 5) is 22.4. The molecule has 1 aromatic heterocycles. The number of hydrogen-bond acceptors (Lipinski definition) is 4. The summed E-state index contributed by atoms with van der Waals surface area (Å²) in [7, 11) is 0. The summed E-state index contributed by atoms with van der Waals surface area (Å²) < 4.78 is 5.10. The van der Waals surface area contributed by atoms with E-state index in [1.165, 1.54) is 12.1 Å². The van der Waals surface area contributed by atoms with Crippen molar-refractivity contribution in [2.45, 2.75) is 0 Å². The van der Waals surface area contributed by atoms with E-state index < -0.39 is 5.43 Å². The lowest BCUT2D eigenvalue weighted by Gasteiger charge is -2.02. The van der Waals surface area contributed by atoms with Crippen molar-refractivity contribution in [3.63, 3.8) is 0 Å². The van der Waals surface area contributed by atoms with E-state index in [2.05, 4.69) is 0 Å². The lowest BCUT2D eigenvalue weighted by atomic mass is 10.2. The Kier molecular flexibility index (Phi) is 2.61. The molecule has 6 heteroatoms. The highest BCUT2D eigenvalue weighted by atomic mass is 35.5. The number of halogens is 2. The monoisotopic (exact) mass is 257 g/mol. The van der Waals surface area contributed by atoms with Crippen LogP contribution in [0.1, 0.15) is 10.4 Å². The van der Waals surface area contributed by atoms with Crippen LogP contribution in [0.2, 0.25) is 10.0 Å². The smallest absolute Gasteiger partial charge is 0.205 e. The first-order valence-electron chi connectivity index (χ1n) is 4.21. The standard InChI is InChI=1S/C10H5Cl2NO3/c11-6-1-4-8(2-7(6)12)16-10(13)5(3-14)9(4)15/h1-3H,13H2. The lowest BCUT2D eigenvalue weighted by molar-refractivity contribution is 0.112. The molecule has 4 nitrogen and oxygen atoms in total. The predicted molar refractivity (Wildman–Crippen MR) is 62.3 cm³/mol. The van der Waals surface area contributed by atoms with E-state index in [-0.39, 0.29) is 32.5 Å². The largest absolute Gasteiger partial charge is 0.440 e. The van der Waals surface area contributed by atoms with Gasteiger partial charge < -0.3 is 10.2 Å². The van der Waals surface area contributed by atoms with Gasteiger partial charge in [-0.3, -0.25) is 9.59 Å². The highest BCUT2D eigenvalue weighted by molar-refractivity contribution is 6.42. The summed E-state index contributed by atoms with van der Waals surface area (Å²) in [5.41, 5.74) is 4.87. The zero-order valence-corrected chi connectivity index (χ0v) is 9.30. The predicted octanol–water partition coefficient (Wildman–Crippen LogP) is 2.49. The summed E-state index contributed by atoms with van der Waals surface area (Å²) in [6.45, 7) is 0. The van der Waals surface area contributed by atoms with Crippen molar-refractivity contribution in [3.05, 3.63) is 38.0 Å². The minimum atomic E-state index is -0.521.